The Labute approximate surface area is 82.3 Å². The van der Waals surface area contributed by atoms with Gasteiger partial charge in [-0.2, -0.15) is 0 Å². The summed E-state index contributed by atoms with van der Waals surface area (Å²) in [6.07, 6.45) is 7.35. The van der Waals surface area contributed by atoms with E-state index >= 15 is 0 Å². The van der Waals surface area contributed by atoms with Crippen molar-refractivity contribution in [3.63, 3.8) is 0 Å². The smallest absolute Gasteiger partial charge is 0.00414 e. The number of hydrogen-bond acceptors (Lipinski definition) is 1. The van der Waals surface area contributed by atoms with Gasteiger partial charge >= 0.3 is 0 Å². The van der Waals surface area contributed by atoms with Crippen molar-refractivity contribution in [1.82, 2.24) is 5.32 Å². The van der Waals surface area contributed by atoms with Gasteiger partial charge in [-0.3, -0.25) is 0 Å². The third-order valence-corrected chi connectivity index (χ3v) is 3.92. The summed E-state index contributed by atoms with van der Waals surface area (Å²) < 4.78 is 0. The van der Waals surface area contributed by atoms with Crippen molar-refractivity contribution in [2.75, 3.05) is 6.54 Å². The summed E-state index contributed by atoms with van der Waals surface area (Å²) in [4.78, 5) is 0. The van der Waals surface area contributed by atoms with Gasteiger partial charge in [0.1, 0.15) is 0 Å². The average Bonchev–Trinajstić information content (AvgIpc) is 2.71. The van der Waals surface area contributed by atoms with Crippen LogP contribution in [-0.2, 0) is 0 Å². The van der Waals surface area contributed by atoms with Crippen LogP contribution in [0.25, 0.3) is 0 Å². The van der Waals surface area contributed by atoms with Crippen molar-refractivity contribution in [1.29, 1.82) is 0 Å². The highest BCUT2D eigenvalue weighted by Gasteiger charge is 2.32. The molecule has 0 aromatic carbocycles. The van der Waals surface area contributed by atoms with Gasteiger partial charge in [0.05, 0.1) is 0 Å². The maximum Gasteiger partial charge on any atom is 0.00414 e. The molecule has 2 rings (SSSR count). The van der Waals surface area contributed by atoms with Gasteiger partial charge in [-0.05, 0) is 44.1 Å². The zero-order valence-corrected chi connectivity index (χ0v) is 9.05. The lowest BCUT2D eigenvalue weighted by Gasteiger charge is -2.28. The first-order valence-electron chi connectivity index (χ1n) is 5.99. The van der Waals surface area contributed by atoms with Crippen molar-refractivity contribution in [3.8, 4) is 0 Å². The molecule has 0 heterocycles. The zero-order chi connectivity index (χ0) is 9.26. The number of nitrogens with one attached hydrogen (secondary N) is 1. The van der Waals surface area contributed by atoms with Gasteiger partial charge in [0.25, 0.3) is 0 Å². The summed E-state index contributed by atoms with van der Waals surface area (Å²) in [7, 11) is 0. The molecule has 3 unspecified atom stereocenters. The van der Waals surface area contributed by atoms with Gasteiger partial charge in [-0.15, -0.1) is 0 Å². The van der Waals surface area contributed by atoms with Gasteiger partial charge < -0.3 is 5.32 Å². The molecule has 0 radical (unpaired) electrons. The molecule has 2 fully saturated rings. The minimum Gasteiger partial charge on any atom is -0.314 e. The second-order valence-electron chi connectivity index (χ2n) is 5.31. The summed E-state index contributed by atoms with van der Waals surface area (Å²) in [5.41, 5.74) is 0. The Kier molecular flexibility index (Phi) is 2.92. The largest absolute Gasteiger partial charge is 0.314 e. The lowest BCUT2D eigenvalue weighted by atomic mass is 9.81. The van der Waals surface area contributed by atoms with E-state index in [-0.39, 0.29) is 0 Å². The van der Waals surface area contributed by atoms with E-state index < -0.39 is 0 Å². The fourth-order valence-corrected chi connectivity index (χ4v) is 2.35. The van der Waals surface area contributed by atoms with Gasteiger partial charge in [-0.1, -0.05) is 26.2 Å². The Morgan fingerprint density at radius 3 is 2.54 bits per heavy atom. The Hall–Kier alpha value is -0.0400. The highest BCUT2D eigenvalue weighted by Crippen LogP contribution is 2.37. The lowest BCUT2D eigenvalue weighted by molar-refractivity contribution is 0.265. The van der Waals surface area contributed by atoms with Crippen LogP contribution < -0.4 is 5.32 Å². The van der Waals surface area contributed by atoms with Gasteiger partial charge in [0, 0.05) is 6.04 Å². The summed E-state index contributed by atoms with van der Waals surface area (Å²) >= 11 is 0. The molecule has 1 heteroatoms. The first kappa shape index (κ1) is 9.51. The van der Waals surface area contributed by atoms with E-state index in [2.05, 4.69) is 19.2 Å². The van der Waals surface area contributed by atoms with E-state index in [1.54, 1.807) is 0 Å². The lowest BCUT2D eigenvalue weighted by Crippen LogP contribution is -2.31. The Bertz CT molecular complexity index is 163. The SMILES string of the molecule is CC(CC1CCC1)NCC1CC1C. The Morgan fingerprint density at radius 1 is 1.38 bits per heavy atom. The molecular weight excluding hydrogens is 158 g/mol. The van der Waals surface area contributed by atoms with Crippen molar-refractivity contribution in [3.05, 3.63) is 0 Å². The molecule has 3 atom stereocenters. The molecule has 0 aromatic rings. The molecule has 0 bridgehead atoms. The third kappa shape index (κ3) is 2.70. The van der Waals surface area contributed by atoms with Gasteiger partial charge in [-0.25, -0.2) is 0 Å². The maximum absolute atomic E-state index is 3.67. The van der Waals surface area contributed by atoms with E-state index in [0.29, 0.717) is 0 Å². The second-order valence-corrected chi connectivity index (χ2v) is 5.31. The fourth-order valence-electron chi connectivity index (χ4n) is 2.35. The van der Waals surface area contributed by atoms with E-state index in [0.717, 1.165) is 23.8 Å². The minimum absolute atomic E-state index is 0.762. The summed E-state index contributed by atoms with van der Waals surface area (Å²) in [6.45, 7) is 5.99. The molecule has 0 spiro atoms. The first-order valence-corrected chi connectivity index (χ1v) is 5.99. The average molecular weight is 181 g/mol. The second kappa shape index (κ2) is 4.00. The van der Waals surface area contributed by atoms with Crippen LogP contribution in [0.5, 0.6) is 0 Å². The number of rotatable bonds is 5. The summed E-state index contributed by atoms with van der Waals surface area (Å²) in [6, 6.07) is 0.762. The van der Waals surface area contributed by atoms with Crippen LogP contribution in [-0.4, -0.2) is 12.6 Å². The first-order chi connectivity index (χ1) is 6.25. The number of hydrogen-bond donors (Lipinski definition) is 1. The standard InChI is InChI=1S/C12H23N/c1-9-6-12(9)8-13-10(2)7-11-4-3-5-11/h9-13H,3-8H2,1-2H3. The molecule has 0 aliphatic heterocycles. The summed E-state index contributed by atoms with van der Waals surface area (Å²) in [5, 5.41) is 3.67. The topological polar surface area (TPSA) is 12.0 Å². The summed E-state index contributed by atoms with van der Waals surface area (Å²) in [5.74, 6) is 3.06. The van der Waals surface area contributed by atoms with E-state index in [1.807, 2.05) is 0 Å². The fraction of sp³-hybridized carbons (Fsp3) is 1.00. The Balaban J connectivity index is 1.53. The van der Waals surface area contributed by atoms with Crippen molar-refractivity contribution in [2.45, 2.75) is 52.0 Å². The van der Waals surface area contributed by atoms with E-state index in [9.17, 15) is 0 Å². The molecule has 0 amide bonds. The molecule has 13 heavy (non-hydrogen) atoms. The maximum atomic E-state index is 3.67. The molecule has 2 aliphatic carbocycles. The van der Waals surface area contributed by atoms with Crippen LogP contribution >= 0.6 is 0 Å². The predicted molar refractivity (Wildman–Crippen MR) is 56.7 cm³/mol. The highest BCUT2D eigenvalue weighted by atomic mass is 14.9. The van der Waals surface area contributed by atoms with E-state index in [1.165, 1.54) is 38.6 Å². The van der Waals surface area contributed by atoms with Crippen LogP contribution in [0.3, 0.4) is 0 Å². The van der Waals surface area contributed by atoms with Gasteiger partial charge in [0.15, 0.2) is 0 Å². The predicted octanol–water partition coefficient (Wildman–Crippen LogP) is 2.81. The molecule has 2 aliphatic rings. The monoisotopic (exact) mass is 181 g/mol. The quantitative estimate of drug-likeness (QED) is 0.687. The van der Waals surface area contributed by atoms with Crippen LogP contribution in [0, 0.1) is 17.8 Å². The van der Waals surface area contributed by atoms with Gasteiger partial charge in [0.2, 0.25) is 0 Å². The van der Waals surface area contributed by atoms with Crippen molar-refractivity contribution in [2.24, 2.45) is 17.8 Å². The third-order valence-electron chi connectivity index (χ3n) is 3.92. The van der Waals surface area contributed by atoms with Crippen LogP contribution in [0.15, 0.2) is 0 Å². The molecule has 2 saturated carbocycles. The molecule has 1 nitrogen and oxygen atoms in total. The zero-order valence-electron chi connectivity index (χ0n) is 9.05. The minimum atomic E-state index is 0.762. The van der Waals surface area contributed by atoms with Crippen LogP contribution in [0.1, 0.15) is 46.0 Å². The van der Waals surface area contributed by atoms with Crippen molar-refractivity contribution >= 4 is 0 Å². The molecule has 0 aromatic heterocycles. The molecule has 1 N–H and O–H groups in total. The Morgan fingerprint density at radius 2 is 2.08 bits per heavy atom. The van der Waals surface area contributed by atoms with Crippen molar-refractivity contribution < 1.29 is 0 Å². The normalized spacial score (nSPS) is 35.5. The molecule has 0 saturated heterocycles. The van der Waals surface area contributed by atoms with E-state index in [4.69, 9.17) is 0 Å². The molecular formula is C12H23N. The molecule has 76 valence electrons. The van der Waals surface area contributed by atoms with Crippen LogP contribution in [0.2, 0.25) is 0 Å². The van der Waals surface area contributed by atoms with Crippen LogP contribution in [0.4, 0.5) is 0 Å². The highest BCUT2D eigenvalue weighted by molar-refractivity contribution is 4.85.